The monoisotopic (exact) mass is 745 g/mol. The van der Waals surface area contributed by atoms with Gasteiger partial charge in [-0.3, -0.25) is 0 Å². The van der Waals surface area contributed by atoms with E-state index < -0.39 is 5.78 Å². The fraction of sp³-hybridized carbons (Fsp3) is 0. The number of rotatable bonds is 1. The zero-order valence-corrected chi connectivity index (χ0v) is 30.0. The zero-order valence-electron chi connectivity index (χ0n) is 15.8. The summed E-state index contributed by atoms with van der Waals surface area (Å²) in [4.78, 5) is 10.7. The molecule has 0 N–H and O–H groups in total. The molecule has 123 valence electrons. The average Bonchev–Trinajstić information content (AvgIpc) is 2.54. The molecule has 0 aliphatic rings. The predicted molar refractivity (Wildman–Crippen MR) is 97.0 cm³/mol. The first-order valence-electron chi connectivity index (χ1n) is 5.70. The van der Waals surface area contributed by atoms with Gasteiger partial charge in [0.05, 0.1) is 0 Å². The van der Waals surface area contributed by atoms with E-state index in [1.54, 1.807) is 0 Å². The van der Waals surface area contributed by atoms with E-state index >= 15 is 0 Å². The number of carbonyl (C=O) groups is 1. The second-order valence-electron chi connectivity index (χ2n) is 3.05. The van der Waals surface area contributed by atoms with Gasteiger partial charge in [-0.1, -0.05) is 5.57 Å². The summed E-state index contributed by atoms with van der Waals surface area (Å²) in [6.07, 6.45) is 4.90. The van der Waals surface area contributed by atoms with Crippen molar-refractivity contribution in [2.24, 2.45) is 0 Å². The van der Waals surface area contributed by atoms with Crippen LogP contribution in [0.4, 0.5) is 0 Å². The molecule has 0 bridgehead atoms. The van der Waals surface area contributed by atoms with Gasteiger partial charge in [0.25, 0.3) is 0 Å². The Labute approximate surface area is 301 Å². The second-order valence-corrected chi connectivity index (χ2v) is 3.05. The number of hydrogen-bond donors (Lipinski definition) is 0. The van der Waals surface area contributed by atoms with E-state index in [1.165, 1.54) is 0 Å². The number of Topliss-reactive ketones (excluding diaryl/α,β-unsaturated/α-hetero) is 1. The quantitative estimate of drug-likeness (QED) is 0.223. The largest absolute Gasteiger partial charge is 0.358 e. The third-order valence-electron chi connectivity index (χ3n) is 1.50. The summed E-state index contributed by atoms with van der Waals surface area (Å²) in [6.45, 7) is 6.55. The molecule has 1 nitrogen and oxygen atoms in total. The van der Waals surface area contributed by atoms with Crippen LogP contribution >= 0.6 is 0 Å². The molecule has 6 heteroatoms. The number of hydrogen-bond acceptors (Lipinski definition) is 1. The molecule has 0 fully saturated rings. The fourth-order valence-electron chi connectivity index (χ4n) is 0.619. The van der Waals surface area contributed by atoms with Crippen molar-refractivity contribution in [3.05, 3.63) is 26.5 Å². The molecular formula is C23H8OY5-2. The van der Waals surface area contributed by atoms with Crippen molar-refractivity contribution in [3.63, 3.8) is 0 Å². The number of terminal acetylenes is 1. The molecule has 0 saturated carbocycles. The minimum Gasteiger partial charge on any atom is -0.358 e. The van der Waals surface area contributed by atoms with E-state index in [9.17, 15) is 4.79 Å². The first kappa shape index (κ1) is 47.6. The molecule has 0 amide bonds. The molecule has 0 atom stereocenters. The Morgan fingerprint density at radius 1 is 0.586 bits per heavy atom. The van der Waals surface area contributed by atoms with Crippen molar-refractivity contribution in [3.8, 4) is 107 Å². The van der Waals surface area contributed by atoms with Crippen LogP contribution in [0.5, 0.6) is 0 Å². The van der Waals surface area contributed by atoms with Crippen LogP contribution in [0.2, 0.25) is 0 Å². The average molecular weight is 745 g/mol. The molecule has 0 heterocycles. The molecule has 29 heavy (non-hydrogen) atoms. The fourth-order valence-corrected chi connectivity index (χ4v) is 0.619. The van der Waals surface area contributed by atoms with Crippen LogP contribution in [0.1, 0.15) is 0 Å². The molecule has 0 spiro atoms. The molecule has 0 unspecified atom stereocenters. The molecule has 0 aromatic carbocycles. The summed E-state index contributed by atoms with van der Waals surface area (Å²) in [6, 6.07) is 0. The minimum absolute atomic E-state index is 0. The van der Waals surface area contributed by atoms with E-state index in [0.717, 1.165) is 0 Å². The summed E-state index contributed by atoms with van der Waals surface area (Å²) in [5, 5.41) is 0. The van der Waals surface area contributed by atoms with Crippen molar-refractivity contribution in [2.45, 2.75) is 0 Å². The smallest absolute Gasteiger partial charge is 0.0290 e. The maximum atomic E-state index is 10.7. The van der Waals surface area contributed by atoms with Gasteiger partial charge in [0, 0.05) is 169 Å². The van der Waals surface area contributed by atoms with Gasteiger partial charge in [0.1, 0.15) is 0 Å². The molecule has 0 aliphatic heterocycles. The van der Waals surface area contributed by atoms with Crippen LogP contribution in [-0.2, 0) is 168 Å². The Bertz CT molecular complexity index is 1060. The Balaban J connectivity index is -0.000000161. The Morgan fingerprint density at radius 3 is 1.07 bits per heavy atom. The molecule has 5 radical (unpaired) electrons. The number of allylic oxidation sites excluding steroid dienone is 1. The van der Waals surface area contributed by atoms with Crippen LogP contribution in [0, 0.1) is 121 Å². The summed E-state index contributed by atoms with van der Waals surface area (Å²) in [5.41, 5.74) is 0.0937. The van der Waals surface area contributed by atoms with Crippen LogP contribution in [0.3, 0.4) is 0 Å². The van der Waals surface area contributed by atoms with Gasteiger partial charge >= 0.3 is 0 Å². The van der Waals surface area contributed by atoms with Gasteiger partial charge in [0.2, 0.25) is 0 Å². The Kier molecular flexibility index (Phi) is 64.5. The maximum Gasteiger partial charge on any atom is 0.0290 e. The maximum absolute atomic E-state index is 10.7. The molecule has 0 rings (SSSR count). The van der Waals surface area contributed by atoms with Crippen molar-refractivity contribution in [1.82, 2.24) is 0 Å². The van der Waals surface area contributed by atoms with Crippen LogP contribution in [-0.4, -0.2) is 5.78 Å². The summed E-state index contributed by atoms with van der Waals surface area (Å²) >= 11 is 0. The van der Waals surface area contributed by atoms with Gasteiger partial charge < -0.3 is 12.2 Å². The number of carbonyl (C=O) groups excluding carboxylic acids is 1. The second kappa shape index (κ2) is 39.3. The first-order valence-corrected chi connectivity index (χ1v) is 5.70. The van der Waals surface area contributed by atoms with E-state index in [2.05, 4.69) is 114 Å². The van der Waals surface area contributed by atoms with Crippen molar-refractivity contribution in [2.75, 3.05) is 0 Å². The van der Waals surface area contributed by atoms with Crippen LogP contribution in [0.15, 0.2) is 12.2 Å². The minimum atomic E-state index is -0.440. The third kappa shape index (κ3) is 39.8. The third-order valence-corrected chi connectivity index (χ3v) is 1.50. The van der Waals surface area contributed by atoms with Crippen molar-refractivity contribution < 1.29 is 168 Å². The first-order chi connectivity index (χ1) is 11.2. The van der Waals surface area contributed by atoms with Gasteiger partial charge in [-0.05, 0) is 94.7 Å². The van der Waals surface area contributed by atoms with E-state index in [0.29, 0.717) is 0 Å². The van der Waals surface area contributed by atoms with Crippen LogP contribution in [0.25, 0.3) is 0 Å². The van der Waals surface area contributed by atoms with E-state index in [-0.39, 0.29) is 177 Å². The standard InChI is InChI=1S/C22H5O.CH3.5Y/c1-4-5-6-7-8-9-10-11-12-13-14-15-16-17-18-19-20-21(2)22(3)23;;;;;;/h1H,2-3H2;1H3;;;;;/q2*-1;;;;;. The Hall–Kier alpha value is 0.839. The molecule has 0 aromatic rings. The predicted octanol–water partition coefficient (Wildman–Crippen LogP) is 1.04. The topological polar surface area (TPSA) is 17.1 Å². The van der Waals surface area contributed by atoms with Gasteiger partial charge in [0.15, 0.2) is 0 Å². The number of ketones is 1. The SMILES string of the molecule is C#CC#CC#CC#CC#CC#CC#CC#CC#CC(=C)C([CH2-])=O.[CH3-].[Y].[Y].[Y].[Y].[Y]. The Morgan fingerprint density at radius 2 is 0.828 bits per heavy atom. The van der Waals surface area contributed by atoms with E-state index in [4.69, 9.17) is 6.42 Å². The van der Waals surface area contributed by atoms with E-state index in [1.807, 2.05) is 0 Å². The van der Waals surface area contributed by atoms with Crippen molar-refractivity contribution >= 4 is 5.78 Å². The molecule has 0 aromatic heterocycles. The zero-order chi connectivity index (χ0) is 17.2. The summed E-state index contributed by atoms with van der Waals surface area (Å²) in [7, 11) is 0. The van der Waals surface area contributed by atoms with Gasteiger partial charge in [-0.15, -0.1) is 6.42 Å². The summed E-state index contributed by atoms with van der Waals surface area (Å²) < 4.78 is 0. The van der Waals surface area contributed by atoms with Gasteiger partial charge in [-0.2, -0.15) is 19.4 Å². The molecular weight excluding hydrogens is 737 g/mol. The van der Waals surface area contributed by atoms with Crippen molar-refractivity contribution in [1.29, 1.82) is 0 Å². The molecule has 0 saturated heterocycles. The normalized spacial score (nSPS) is 3.83. The van der Waals surface area contributed by atoms with Gasteiger partial charge in [-0.25, -0.2) is 0 Å². The molecule has 0 aliphatic carbocycles. The van der Waals surface area contributed by atoms with Crippen LogP contribution < -0.4 is 0 Å². The summed E-state index contributed by atoms with van der Waals surface area (Å²) in [5.74, 6) is 40.6.